The lowest BCUT2D eigenvalue weighted by Crippen LogP contribution is -2.09. The van der Waals surface area contributed by atoms with E-state index in [9.17, 15) is 0 Å². The molecular weight excluding hydrogens is 258 g/mol. The van der Waals surface area contributed by atoms with Gasteiger partial charge in [-0.2, -0.15) is 0 Å². The van der Waals surface area contributed by atoms with Crippen LogP contribution in [0, 0.1) is 6.92 Å². The van der Waals surface area contributed by atoms with Gasteiger partial charge in [0, 0.05) is 12.1 Å². The first kappa shape index (κ1) is 14.3. The number of hydrogen-bond donors (Lipinski definition) is 1. The summed E-state index contributed by atoms with van der Waals surface area (Å²) in [4.78, 5) is 0. The summed E-state index contributed by atoms with van der Waals surface area (Å²) in [5, 5.41) is 10.7. The molecule has 6 nitrogen and oxygen atoms in total. The van der Waals surface area contributed by atoms with Crippen LogP contribution < -0.4 is 14.8 Å². The maximum atomic E-state index is 5.87. The number of aryl methyl sites for hydroxylation is 1. The molecule has 0 amide bonds. The Morgan fingerprint density at radius 1 is 1.25 bits per heavy atom. The largest absolute Gasteiger partial charge is 0.490 e. The molecule has 0 aliphatic heterocycles. The van der Waals surface area contributed by atoms with E-state index in [0.717, 1.165) is 22.8 Å². The molecule has 0 aliphatic rings. The van der Waals surface area contributed by atoms with Crippen LogP contribution in [0.25, 0.3) is 0 Å². The molecule has 2 aromatic rings. The summed E-state index contributed by atoms with van der Waals surface area (Å²) < 4.78 is 16.1. The Morgan fingerprint density at radius 3 is 2.75 bits per heavy atom. The summed E-state index contributed by atoms with van der Waals surface area (Å²) in [5.41, 5.74) is 2.45. The lowest BCUT2D eigenvalue weighted by molar-refractivity contribution is 0.250. The van der Waals surface area contributed by atoms with Gasteiger partial charge >= 0.3 is 0 Å². The summed E-state index contributed by atoms with van der Waals surface area (Å²) in [5.74, 6) is 1.46. The number of rotatable bonds is 7. The minimum absolute atomic E-state index is 0.302. The third kappa shape index (κ3) is 3.27. The van der Waals surface area contributed by atoms with E-state index in [4.69, 9.17) is 9.47 Å². The highest BCUT2D eigenvalue weighted by Gasteiger charge is 2.13. The first-order chi connectivity index (χ1) is 9.76. The number of nitrogens with one attached hydrogen (secondary N) is 1. The number of aromatic nitrogens is 2. The Morgan fingerprint density at radius 2 is 2.10 bits per heavy atom. The Balaban J connectivity index is 2.20. The number of benzene rings is 1. The second-order valence-electron chi connectivity index (χ2n) is 4.29. The van der Waals surface area contributed by atoms with Crippen LogP contribution in [0.5, 0.6) is 11.5 Å². The lowest BCUT2D eigenvalue weighted by Gasteiger charge is -2.15. The average Bonchev–Trinajstić information content (AvgIpc) is 2.84. The third-order valence-electron chi connectivity index (χ3n) is 2.83. The van der Waals surface area contributed by atoms with Crippen molar-refractivity contribution >= 4 is 0 Å². The van der Waals surface area contributed by atoms with Crippen molar-refractivity contribution in [2.24, 2.45) is 0 Å². The molecule has 6 heteroatoms. The summed E-state index contributed by atoms with van der Waals surface area (Å²) in [6, 6.07) is 5.85. The van der Waals surface area contributed by atoms with Crippen LogP contribution in [0.2, 0.25) is 0 Å². The molecule has 0 saturated carbocycles. The number of nitrogens with zero attached hydrogens (tertiary/aromatic N) is 2. The van der Waals surface area contributed by atoms with Gasteiger partial charge in [0.2, 0.25) is 0 Å². The van der Waals surface area contributed by atoms with E-state index < -0.39 is 0 Å². The minimum Gasteiger partial charge on any atom is -0.490 e. The van der Waals surface area contributed by atoms with Crippen LogP contribution >= 0.6 is 0 Å². The first-order valence-electron chi connectivity index (χ1n) is 6.56. The van der Waals surface area contributed by atoms with Crippen LogP contribution in [0.3, 0.4) is 0 Å². The Bertz CT molecular complexity index is 530. The molecule has 1 aromatic carbocycles. The molecular formula is C14H19N3O3. The molecule has 0 unspecified atom stereocenters. The fraction of sp³-hybridized carbons (Fsp3) is 0.429. The first-order valence-corrected chi connectivity index (χ1v) is 6.56. The van der Waals surface area contributed by atoms with Crippen LogP contribution in [0.4, 0.5) is 0 Å². The quantitative estimate of drug-likeness (QED) is 0.835. The normalized spacial score (nSPS) is 10.6. The van der Waals surface area contributed by atoms with Crippen LogP contribution in [-0.2, 0) is 13.2 Å². The predicted octanol–water partition coefficient (Wildman–Crippen LogP) is 2.08. The second-order valence-corrected chi connectivity index (χ2v) is 4.29. The maximum absolute atomic E-state index is 5.87. The average molecular weight is 277 g/mol. The van der Waals surface area contributed by atoms with Gasteiger partial charge in [0.1, 0.15) is 18.0 Å². The number of ether oxygens (including phenoxy) is 2. The van der Waals surface area contributed by atoms with Gasteiger partial charge in [0.15, 0.2) is 11.5 Å². The van der Waals surface area contributed by atoms with Gasteiger partial charge < -0.3 is 14.8 Å². The molecule has 0 saturated heterocycles. The van der Waals surface area contributed by atoms with Crippen molar-refractivity contribution < 1.29 is 14.1 Å². The van der Waals surface area contributed by atoms with E-state index in [1.165, 1.54) is 0 Å². The summed E-state index contributed by atoms with van der Waals surface area (Å²) in [7, 11) is 1.89. The molecule has 2 rings (SSSR count). The Hall–Kier alpha value is -2.08. The molecule has 0 bridgehead atoms. The molecule has 0 aliphatic carbocycles. The highest BCUT2D eigenvalue weighted by molar-refractivity contribution is 5.46. The van der Waals surface area contributed by atoms with E-state index >= 15 is 0 Å². The van der Waals surface area contributed by atoms with Crippen molar-refractivity contribution in [2.75, 3.05) is 13.7 Å². The van der Waals surface area contributed by atoms with Crippen molar-refractivity contribution in [3.8, 4) is 11.5 Å². The van der Waals surface area contributed by atoms with Gasteiger partial charge in [-0.15, -0.1) is 0 Å². The maximum Gasteiger partial charge on any atom is 0.166 e. The van der Waals surface area contributed by atoms with Crippen molar-refractivity contribution in [1.29, 1.82) is 0 Å². The molecule has 0 fully saturated rings. The van der Waals surface area contributed by atoms with E-state index in [2.05, 4.69) is 20.3 Å². The zero-order valence-corrected chi connectivity index (χ0v) is 12.0. The summed E-state index contributed by atoms with van der Waals surface area (Å²) in [6.07, 6.45) is 0. The van der Waals surface area contributed by atoms with Crippen LogP contribution in [0.1, 0.15) is 23.9 Å². The summed E-state index contributed by atoms with van der Waals surface area (Å²) >= 11 is 0. The van der Waals surface area contributed by atoms with E-state index in [0.29, 0.717) is 25.5 Å². The van der Waals surface area contributed by atoms with Gasteiger partial charge in [0.25, 0.3) is 0 Å². The van der Waals surface area contributed by atoms with Crippen molar-refractivity contribution in [1.82, 2.24) is 15.6 Å². The molecule has 108 valence electrons. The van der Waals surface area contributed by atoms with E-state index in [1.807, 2.05) is 39.1 Å². The third-order valence-corrected chi connectivity index (χ3v) is 2.83. The molecule has 20 heavy (non-hydrogen) atoms. The van der Waals surface area contributed by atoms with E-state index in [-0.39, 0.29) is 0 Å². The monoisotopic (exact) mass is 277 g/mol. The highest BCUT2D eigenvalue weighted by atomic mass is 16.6. The molecule has 1 aromatic heterocycles. The standard InChI is InChI=1S/C14H19N3O3/c1-4-18-13-7-5-6-11(8-15-3)14(13)19-9-12-10(2)16-20-17-12/h5-7,15H,4,8-9H2,1-3H3. The molecule has 0 spiro atoms. The number of hydrogen-bond acceptors (Lipinski definition) is 6. The van der Waals surface area contributed by atoms with Crippen molar-refractivity contribution in [2.45, 2.75) is 27.0 Å². The van der Waals surface area contributed by atoms with Crippen molar-refractivity contribution in [3.05, 3.63) is 35.2 Å². The van der Waals surface area contributed by atoms with Gasteiger partial charge in [-0.1, -0.05) is 22.4 Å². The number of para-hydroxylation sites is 1. The summed E-state index contributed by atoms with van der Waals surface area (Å²) in [6.45, 7) is 5.37. The second kappa shape index (κ2) is 6.91. The predicted molar refractivity (Wildman–Crippen MR) is 73.7 cm³/mol. The molecule has 1 heterocycles. The molecule has 1 N–H and O–H groups in total. The van der Waals surface area contributed by atoms with Crippen LogP contribution in [-0.4, -0.2) is 24.0 Å². The SMILES string of the molecule is CCOc1cccc(CNC)c1OCc1nonc1C. The Kier molecular flexibility index (Phi) is 4.95. The zero-order chi connectivity index (χ0) is 14.4. The fourth-order valence-corrected chi connectivity index (χ4v) is 1.84. The molecule has 0 radical (unpaired) electrons. The van der Waals surface area contributed by atoms with E-state index in [1.54, 1.807) is 0 Å². The smallest absolute Gasteiger partial charge is 0.166 e. The highest BCUT2D eigenvalue weighted by Crippen LogP contribution is 2.32. The zero-order valence-electron chi connectivity index (χ0n) is 12.0. The lowest BCUT2D eigenvalue weighted by atomic mass is 10.2. The van der Waals surface area contributed by atoms with Gasteiger partial charge in [-0.05, 0) is 27.0 Å². The minimum atomic E-state index is 0.302. The van der Waals surface area contributed by atoms with Gasteiger partial charge in [-0.3, -0.25) is 0 Å². The van der Waals surface area contributed by atoms with Crippen LogP contribution in [0.15, 0.2) is 22.8 Å². The van der Waals surface area contributed by atoms with Gasteiger partial charge in [0.05, 0.1) is 6.61 Å². The Labute approximate surface area is 118 Å². The molecule has 0 atom stereocenters. The van der Waals surface area contributed by atoms with Gasteiger partial charge in [-0.25, -0.2) is 4.63 Å². The topological polar surface area (TPSA) is 69.4 Å². The van der Waals surface area contributed by atoms with Crippen molar-refractivity contribution in [3.63, 3.8) is 0 Å². The fourth-order valence-electron chi connectivity index (χ4n) is 1.84.